The van der Waals surface area contributed by atoms with Gasteiger partial charge in [0.05, 0.1) is 13.2 Å². The molecule has 0 radical (unpaired) electrons. The summed E-state index contributed by atoms with van der Waals surface area (Å²) in [5.41, 5.74) is 4.89. The van der Waals surface area contributed by atoms with Crippen molar-refractivity contribution >= 4 is 17.4 Å². The van der Waals surface area contributed by atoms with Gasteiger partial charge in [-0.2, -0.15) is 0 Å². The molecule has 2 aromatic carbocycles. The highest BCUT2D eigenvalue weighted by Crippen LogP contribution is 2.45. The molecule has 6 heteroatoms. The van der Waals surface area contributed by atoms with Gasteiger partial charge in [-0.3, -0.25) is 0 Å². The Morgan fingerprint density at radius 3 is 2.75 bits per heavy atom. The lowest BCUT2D eigenvalue weighted by molar-refractivity contribution is 0.180. The molecule has 2 aliphatic rings. The van der Waals surface area contributed by atoms with Crippen LogP contribution >= 0.6 is 11.3 Å². The Hall–Kier alpha value is -2.86. The van der Waals surface area contributed by atoms with E-state index in [1.807, 2.05) is 52.6 Å². The summed E-state index contributed by atoms with van der Waals surface area (Å²) in [7, 11) is 1.64. The number of ether oxygens (including phenoxy) is 1. The van der Waals surface area contributed by atoms with E-state index >= 15 is 0 Å². The van der Waals surface area contributed by atoms with Gasteiger partial charge in [-0.05, 0) is 78.6 Å². The predicted octanol–water partition coefficient (Wildman–Crippen LogP) is 5.63. The number of halogens is 1. The van der Waals surface area contributed by atoms with Crippen molar-refractivity contribution in [1.29, 1.82) is 0 Å². The highest BCUT2D eigenvalue weighted by molar-refractivity contribution is 7.12. The van der Waals surface area contributed by atoms with Crippen molar-refractivity contribution in [1.82, 2.24) is 10.2 Å². The summed E-state index contributed by atoms with van der Waals surface area (Å²) in [5, 5.41) is 3.09. The average Bonchev–Trinajstić information content (AvgIpc) is 3.21. The lowest BCUT2D eigenvalue weighted by Gasteiger charge is -2.36. The van der Waals surface area contributed by atoms with Gasteiger partial charge in [-0.1, -0.05) is 24.3 Å². The molecule has 1 aliphatic carbocycles. The molecule has 0 bridgehead atoms. The van der Waals surface area contributed by atoms with Gasteiger partial charge < -0.3 is 15.0 Å². The van der Waals surface area contributed by atoms with Crippen LogP contribution in [0, 0.1) is 5.82 Å². The number of hydrogen-bond acceptors (Lipinski definition) is 3. The van der Waals surface area contributed by atoms with Gasteiger partial charge >= 0.3 is 6.03 Å². The first-order valence-corrected chi connectivity index (χ1v) is 12.0. The molecule has 0 fully saturated rings. The summed E-state index contributed by atoms with van der Waals surface area (Å²) in [6.07, 6.45) is 5.62. The smallest absolute Gasteiger partial charge is 0.318 e. The zero-order valence-corrected chi connectivity index (χ0v) is 19.0. The minimum absolute atomic E-state index is 0.0980. The van der Waals surface area contributed by atoms with Crippen molar-refractivity contribution in [2.45, 2.75) is 44.7 Å². The van der Waals surface area contributed by atoms with E-state index in [2.05, 4.69) is 5.32 Å². The highest BCUT2D eigenvalue weighted by atomic mass is 32.1. The van der Waals surface area contributed by atoms with E-state index in [0.29, 0.717) is 13.1 Å². The molecule has 4 nitrogen and oxygen atoms in total. The third kappa shape index (κ3) is 3.99. The van der Waals surface area contributed by atoms with Crippen LogP contribution < -0.4 is 10.1 Å². The molecule has 1 aromatic heterocycles. The predicted molar refractivity (Wildman–Crippen MR) is 125 cm³/mol. The van der Waals surface area contributed by atoms with Crippen molar-refractivity contribution in [3.05, 3.63) is 86.4 Å². The first-order valence-electron chi connectivity index (χ1n) is 11.2. The van der Waals surface area contributed by atoms with Gasteiger partial charge in [-0.25, -0.2) is 9.18 Å². The minimum atomic E-state index is -0.260. The van der Waals surface area contributed by atoms with Crippen LogP contribution in [0.3, 0.4) is 0 Å². The first kappa shape index (κ1) is 21.0. The zero-order valence-electron chi connectivity index (χ0n) is 18.2. The molecule has 5 rings (SSSR count). The fourth-order valence-corrected chi connectivity index (χ4v) is 6.49. The second-order valence-corrected chi connectivity index (χ2v) is 9.60. The number of carbonyl (C=O) groups is 1. The molecule has 1 aliphatic heterocycles. The molecule has 3 aromatic rings. The molecule has 32 heavy (non-hydrogen) atoms. The van der Waals surface area contributed by atoms with E-state index in [0.717, 1.165) is 36.1 Å². The van der Waals surface area contributed by atoms with E-state index in [-0.39, 0.29) is 17.9 Å². The Balaban J connectivity index is 1.44. The van der Waals surface area contributed by atoms with Crippen LogP contribution in [0.15, 0.2) is 48.5 Å². The SMILES string of the molecule is COc1cccc(CNC(=O)N2CCc3c(sc4c3CCCC4)[C@H]2c2ccc(F)cc2)c1. The van der Waals surface area contributed by atoms with Crippen LogP contribution in [-0.2, 0) is 25.8 Å². The minimum Gasteiger partial charge on any atom is -0.497 e. The molecule has 0 spiro atoms. The number of rotatable bonds is 4. The normalized spacial score (nSPS) is 17.4. The van der Waals surface area contributed by atoms with Crippen LogP contribution in [-0.4, -0.2) is 24.6 Å². The maximum absolute atomic E-state index is 13.7. The number of amides is 2. The van der Waals surface area contributed by atoms with Crippen molar-refractivity contribution in [3.8, 4) is 5.75 Å². The van der Waals surface area contributed by atoms with Crippen LogP contribution in [0.25, 0.3) is 0 Å². The molecule has 0 unspecified atom stereocenters. The third-order valence-electron chi connectivity index (χ3n) is 6.50. The first-order chi connectivity index (χ1) is 15.6. The number of fused-ring (bicyclic) bond motifs is 3. The fourth-order valence-electron chi connectivity index (χ4n) is 4.91. The van der Waals surface area contributed by atoms with E-state index in [1.165, 1.54) is 45.9 Å². The zero-order chi connectivity index (χ0) is 22.1. The summed E-state index contributed by atoms with van der Waals surface area (Å²) in [5.74, 6) is 0.511. The average molecular weight is 451 g/mol. The summed E-state index contributed by atoms with van der Waals surface area (Å²) < 4.78 is 18.9. The summed E-state index contributed by atoms with van der Waals surface area (Å²) >= 11 is 1.85. The Bertz CT molecular complexity index is 1130. The number of nitrogens with zero attached hydrogens (tertiary/aromatic N) is 1. The molecule has 166 valence electrons. The topological polar surface area (TPSA) is 41.6 Å². The van der Waals surface area contributed by atoms with Crippen molar-refractivity contribution in [2.75, 3.05) is 13.7 Å². The van der Waals surface area contributed by atoms with Crippen molar-refractivity contribution < 1.29 is 13.9 Å². The van der Waals surface area contributed by atoms with Gasteiger partial charge in [0.2, 0.25) is 0 Å². The number of urea groups is 1. The maximum atomic E-state index is 13.7. The molecule has 1 N–H and O–H groups in total. The number of methoxy groups -OCH3 is 1. The number of aryl methyl sites for hydroxylation is 1. The third-order valence-corrected chi connectivity index (χ3v) is 7.89. The Morgan fingerprint density at radius 1 is 1.12 bits per heavy atom. The molecule has 1 atom stereocenters. The number of carbonyl (C=O) groups excluding carboxylic acids is 1. The van der Waals surface area contributed by atoms with Crippen LogP contribution in [0.5, 0.6) is 5.75 Å². The number of nitrogens with one attached hydrogen (secondary N) is 1. The van der Waals surface area contributed by atoms with Gasteiger partial charge in [0.1, 0.15) is 11.6 Å². The van der Waals surface area contributed by atoms with Crippen molar-refractivity contribution in [2.24, 2.45) is 0 Å². The number of hydrogen-bond donors (Lipinski definition) is 1. The lowest BCUT2D eigenvalue weighted by atomic mass is 9.88. The summed E-state index contributed by atoms with van der Waals surface area (Å²) in [6, 6.07) is 14.0. The molecule has 2 amide bonds. The van der Waals surface area contributed by atoms with Crippen LogP contribution in [0.2, 0.25) is 0 Å². The van der Waals surface area contributed by atoms with Gasteiger partial charge in [0, 0.05) is 22.8 Å². The molecule has 0 saturated heterocycles. The van der Waals surface area contributed by atoms with Crippen LogP contribution in [0.1, 0.15) is 50.9 Å². The Morgan fingerprint density at radius 2 is 1.94 bits per heavy atom. The largest absolute Gasteiger partial charge is 0.497 e. The second kappa shape index (κ2) is 8.94. The molecular formula is C26H27FN2O2S. The van der Waals surface area contributed by atoms with Crippen molar-refractivity contribution in [3.63, 3.8) is 0 Å². The quantitative estimate of drug-likeness (QED) is 0.560. The molecule has 0 saturated carbocycles. The standard InChI is InChI=1S/C26H27FN2O2S/c1-31-20-6-4-5-17(15-20)16-28-26(30)29-14-13-22-21-7-2-3-8-23(21)32-25(22)24(29)18-9-11-19(27)12-10-18/h4-6,9-12,15,24H,2-3,7-8,13-14,16H2,1H3,(H,28,30)/t24-/m1/s1. The van der Waals surface area contributed by atoms with Crippen LogP contribution in [0.4, 0.5) is 9.18 Å². The second-order valence-electron chi connectivity index (χ2n) is 8.46. The van der Waals surface area contributed by atoms with E-state index < -0.39 is 0 Å². The van der Waals surface area contributed by atoms with E-state index in [1.54, 1.807) is 7.11 Å². The Labute approximate surface area is 192 Å². The van der Waals surface area contributed by atoms with Gasteiger partial charge in [-0.15, -0.1) is 11.3 Å². The lowest BCUT2D eigenvalue weighted by Crippen LogP contribution is -2.45. The highest BCUT2D eigenvalue weighted by Gasteiger charge is 2.36. The monoisotopic (exact) mass is 450 g/mol. The summed E-state index contributed by atoms with van der Waals surface area (Å²) in [6.45, 7) is 1.08. The summed E-state index contributed by atoms with van der Waals surface area (Å²) in [4.78, 5) is 18.0. The number of benzene rings is 2. The Kier molecular flexibility index (Phi) is 5.87. The van der Waals surface area contributed by atoms with Gasteiger partial charge in [0.25, 0.3) is 0 Å². The molecular weight excluding hydrogens is 423 g/mol. The number of thiophene rings is 1. The van der Waals surface area contributed by atoms with E-state index in [9.17, 15) is 9.18 Å². The molecule has 2 heterocycles. The van der Waals surface area contributed by atoms with E-state index in [4.69, 9.17) is 4.74 Å². The fraction of sp³-hybridized carbons (Fsp3) is 0.346. The van der Waals surface area contributed by atoms with Gasteiger partial charge in [0.15, 0.2) is 0 Å². The maximum Gasteiger partial charge on any atom is 0.318 e.